The molecule has 0 saturated heterocycles. The Bertz CT molecular complexity index is 381. The molecule has 17 heavy (non-hydrogen) atoms. The standard InChI is InChI=1S/C12H18F2N2O/c1-4-9(17-3)12(16-15)10-8(13)6-5-7(2)11(10)14/h5-6,9,12,16H,4,15H2,1-3H3. The van der Waals surface area contributed by atoms with Crippen molar-refractivity contribution < 1.29 is 13.5 Å². The highest BCUT2D eigenvalue weighted by Crippen LogP contribution is 2.27. The van der Waals surface area contributed by atoms with E-state index in [0.29, 0.717) is 12.0 Å². The number of ether oxygens (including phenoxy) is 1. The van der Waals surface area contributed by atoms with Gasteiger partial charge in [-0.3, -0.25) is 11.3 Å². The van der Waals surface area contributed by atoms with Gasteiger partial charge in [0, 0.05) is 12.7 Å². The van der Waals surface area contributed by atoms with Crippen molar-refractivity contribution in [3.05, 3.63) is 34.9 Å². The van der Waals surface area contributed by atoms with Crippen LogP contribution in [0.3, 0.4) is 0 Å². The van der Waals surface area contributed by atoms with Crippen molar-refractivity contribution in [3.63, 3.8) is 0 Å². The second-order valence-corrected chi connectivity index (χ2v) is 3.92. The first-order valence-corrected chi connectivity index (χ1v) is 5.50. The first-order valence-electron chi connectivity index (χ1n) is 5.50. The molecule has 96 valence electrons. The zero-order valence-electron chi connectivity index (χ0n) is 10.3. The summed E-state index contributed by atoms with van der Waals surface area (Å²) in [6.07, 6.45) is 0.212. The molecule has 2 atom stereocenters. The van der Waals surface area contributed by atoms with E-state index in [4.69, 9.17) is 10.6 Å². The fraction of sp³-hybridized carbons (Fsp3) is 0.500. The first kappa shape index (κ1) is 14.0. The number of aryl methyl sites for hydroxylation is 1. The van der Waals surface area contributed by atoms with Gasteiger partial charge in [0.25, 0.3) is 0 Å². The fourth-order valence-corrected chi connectivity index (χ4v) is 1.88. The Morgan fingerprint density at radius 1 is 1.41 bits per heavy atom. The average Bonchev–Trinajstić information content (AvgIpc) is 2.33. The second-order valence-electron chi connectivity index (χ2n) is 3.92. The van der Waals surface area contributed by atoms with Crippen LogP contribution in [0.1, 0.15) is 30.5 Å². The molecule has 5 heteroatoms. The summed E-state index contributed by atoms with van der Waals surface area (Å²) < 4.78 is 32.8. The Balaban J connectivity index is 3.24. The van der Waals surface area contributed by atoms with E-state index >= 15 is 0 Å². The molecule has 0 spiro atoms. The van der Waals surface area contributed by atoms with Crippen LogP contribution < -0.4 is 11.3 Å². The van der Waals surface area contributed by atoms with E-state index in [0.717, 1.165) is 0 Å². The molecule has 2 unspecified atom stereocenters. The predicted molar refractivity (Wildman–Crippen MR) is 62.2 cm³/mol. The van der Waals surface area contributed by atoms with Gasteiger partial charge in [0.1, 0.15) is 11.6 Å². The smallest absolute Gasteiger partial charge is 0.133 e. The molecule has 0 amide bonds. The maximum Gasteiger partial charge on any atom is 0.133 e. The van der Waals surface area contributed by atoms with Gasteiger partial charge in [-0.05, 0) is 25.0 Å². The number of rotatable bonds is 5. The van der Waals surface area contributed by atoms with Crippen molar-refractivity contribution in [2.75, 3.05) is 7.11 Å². The largest absolute Gasteiger partial charge is 0.379 e. The quantitative estimate of drug-likeness (QED) is 0.616. The van der Waals surface area contributed by atoms with Crippen LogP contribution in [0, 0.1) is 18.6 Å². The average molecular weight is 244 g/mol. The number of benzene rings is 1. The van der Waals surface area contributed by atoms with E-state index in [1.807, 2.05) is 6.92 Å². The normalized spacial score (nSPS) is 14.7. The number of halogens is 2. The van der Waals surface area contributed by atoms with Crippen molar-refractivity contribution in [2.24, 2.45) is 5.84 Å². The van der Waals surface area contributed by atoms with Gasteiger partial charge in [0.05, 0.1) is 12.1 Å². The van der Waals surface area contributed by atoms with Crippen LogP contribution in [0.25, 0.3) is 0 Å². The van der Waals surface area contributed by atoms with Gasteiger partial charge in [0.15, 0.2) is 0 Å². The third kappa shape index (κ3) is 2.80. The van der Waals surface area contributed by atoms with Gasteiger partial charge in [-0.1, -0.05) is 13.0 Å². The molecular formula is C12H18F2N2O. The molecule has 1 aromatic carbocycles. The molecule has 0 fully saturated rings. The summed E-state index contributed by atoms with van der Waals surface area (Å²) in [6.45, 7) is 3.45. The van der Waals surface area contributed by atoms with Crippen LogP contribution in [0.4, 0.5) is 8.78 Å². The van der Waals surface area contributed by atoms with Gasteiger partial charge in [-0.25, -0.2) is 8.78 Å². The number of hydrazine groups is 1. The van der Waals surface area contributed by atoms with Gasteiger partial charge in [-0.2, -0.15) is 0 Å². The highest BCUT2D eigenvalue weighted by atomic mass is 19.1. The van der Waals surface area contributed by atoms with Crippen molar-refractivity contribution in [1.29, 1.82) is 0 Å². The van der Waals surface area contributed by atoms with Gasteiger partial charge in [0.2, 0.25) is 0 Å². The molecule has 3 nitrogen and oxygen atoms in total. The SMILES string of the molecule is CCC(OC)C(NN)c1c(F)ccc(C)c1F. The van der Waals surface area contributed by atoms with Gasteiger partial charge < -0.3 is 4.74 Å². The van der Waals surface area contributed by atoms with Crippen LogP contribution >= 0.6 is 0 Å². The van der Waals surface area contributed by atoms with Crippen LogP contribution in [-0.2, 0) is 4.74 Å². The van der Waals surface area contributed by atoms with E-state index in [-0.39, 0.29) is 11.7 Å². The minimum Gasteiger partial charge on any atom is -0.379 e. The lowest BCUT2D eigenvalue weighted by Gasteiger charge is -2.25. The Labute approximate surface area is 99.9 Å². The maximum atomic E-state index is 13.9. The third-order valence-electron chi connectivity index (χ3n) is 2.89. The molecule has 0 aliphatic carbocycles. The van der Waals surface area contributed by atoms with Crippen LogP contribution in [-0.4, -0.2) is 13.2 Å². The summed E-state index contributed by atoms with van der Waals surface area (Å²) in [5.41, 5.74) is 2.74. The summed E-state index contributed by atoms with van der Waals surface area (Å²) in [5.74, 6) is 4.18. The lowest BCUT2D eigenvalue weighted by atomic mass is 9.97. The number of methoxy groups -OCH3 is 1. The summed E-state index contributed by atoms with van der Waals surface area (Å²) in [5, 5.41) is 0. The molecule has 0 bridgehead atoms. The van der Waals surface area contributed by atoms with E-state index in [2.05, 4.69) is 5.43 Å². The molecule has 0 radical (unpaired) electrons. The number of hydrogen-bond acceptors (Lipinski definition) is 3. The van der Waals surface area contributed by atoms with Gasteiger partial charge in [-0.15, -0.1) is 0 Å². The minimum atomic E-state index is -0.704. The van der Waals surface area contributed by atoms with Crippen molar-refractivity contribution in [1.82, 2.24) is 5.43 Å². The van der Waals surface area contributed by atoms with Crippen molar-refractivity contribution in [2.45, 2.75) is 32.4 Å². The molecule has 0 aromatic heterocycles. The molecule has 0 aliphatic rings. The van der Waals surface area contributed by atoms with E-state index in [1.165, 1.54) is 19.2 Å². The van der Waals surface area contributed by atoms with E-state index in [1.54, 1.807) is 6.92 Å². The van der Waals surface area contributed by atoms with Gasteiger partial charge >= 0.3 is 0 Å². The third-order valence-corrected chi connectivity index (χ3v) is 2.89. The Morgan fingerprint density at radius 2 is 2.06 bits per heavy atom. The van der Waals surface area contributed by atoms with Crippen molar-refractivity contribution >= 4 is 0 Å². The molecule has 3 N–H and O–H groups in total. The van der Waals surface area contributed by atoms with Crippen molar-refractivity contribution in [3.8, 4) is 0 Å². The number of nitrogens with two attached hydrogens (primary N) is 1. The number of nitrogens with one attached hydrogen (secondary N) is 1. The summed E-state index contributed by atoms with van der Waals surface area (Å²) in [6, 6.07) is 1.93. The van der Waals surface area contributed by atoms with Crippen LogP contribution in [0.2, 0.25) is 0 Å². The molecule has 1 rings (SSSR count). The summed E-state index contributed by atoms with van der Waals surface area (Å²) in [7, 11) is 1.49. The van der Waals surface area contributed by atoms with E-state index in [9.17, 15) is 8.78 Å². The highest BCUT2D eigenvalue weighted by Gasteiger charge is 2.27. The Kier molecular flexibility index (Phi) is 4.99. The molecular weight excluding hydrogens is 226 g/mol. The topological polar surface area (TPSA) is 47.3 Å². The van der Waals surface area contributed by atoms with Crippen LogP contribution in [0.5, 0.6) is 0 Å². The lowest BCUT2D eigenvalue weighted by molar-refractivity contribution is 0.0626. The van der Waals surface area contributed by atoms with E-state index < -0.39 is 17.7 Å². The first-order chi connectivity index (χ1) is 8.06. The maximum absolute atomic E-state index is 13.9. The molecule has 1 aromatic rings. The molecule has 0 heterocycles. The zero-order chi connectivity index (χ0) is 13.0. The second kappa shape index (κ2) is 6.05. The minimum absolute atomic E-state index is 0.0683. The number of hydrogen-bond donors (Lipinski definition) is 2. The predicted octanol–water partition coefficient (Wildman–Crippen LogP) is 2.20. The molecule has 0 saturated carbocycles. The summed E-state index contributed by atoms with van der Waals surface area (Å²) >= 11 is 0. The monoisotopic (exact) mass is 244 g/mol. The fourth-order valence-electron chi connectivity index (χ4n) is 1.88. The highest BCUT2D eigenvalue weighted by molar-refractivity contribution is 5.30. The zero-order valence-corrected chi connectivity index (χ0v) is 10.3. The summed E-state index contributed by atoms with van der Waals surface area (Å²) in [4.78, 5) is 0. The van der Waals surface area contributed by atoms with Crippen LogP contribution in [0.15, 0.2) is 12.1 Å². The Hall–Kier alpha value is -1.04. The molecule has 0 aliphatic heterocycles. The Morgan fingerprint density at radius 3 is 2.53 bits per heavy atom. The lowest BCUT2D eigenvalue weighted by Crippen LogP contribution is -2.38.